The van der Waals surface area contributed by atoms with Crippen molar-refractivity contribution in [3.63, 3.8) is 0 Å². The largest absolute Gasteiger partial charge is 0.481 e. The molecule has 1 fully saturated rings. The molecule has 74 valence electrons. The smallest absolute Gasteiger partial charge is 0.314 e. The van der Waals surface area contributed by atoms with Crippen molar-refractivity contribution in [3.05, 3.63) is 34.6 Å². The molecule has 0 heterocycles. The molecule has 0 saturated heterocycles. The summed E-state index contributed by atoms with van der Waals surface area (Å²) in [4.78, 5) is 11.0. The average molecular weight is 215 g/mol. The van der Waals surface area contributed by atoms with Crippen LogP contribution in [0.25, 0.3) is 0 Å². The monoisotopic (exact) mass is 214 g/mol. The fraction of sp³-hybridized carbons (Fsp3) is 0.300. The van der Waals surface area contributed by atoms with Crippen molar-refractivity contribution in [3.8, 4) is 0 Å². The number of benzene rings is 1. The number of rotatable bonds is 2. The van der Waals surface area contributed by atoms with Gasteiger partial charge in [-0.05, 0) is 36.6 Å². The Kier molecular flexibility index (Phi) is 2.00. The zero-order chi connectivity index (χ0) is 10.3. The summed E-state index contributed by atoms with van der Waals surface area (Å²) in [6, 6.07) is 3.84. The molecule has 0 radical (unpaired) electrons. The molecule has 0 unspecified atom stereocenters. The first-order chi connectivity index (χ1) is 6.56. The number of halogens is 2. The van der Waals surface area contributed by atoms with Crippen molar-refractivity contribution < 1.29 is 14.3 Å². The van der Waals surface area contributed by atoms with Gasteiger partial charge in [-0.15, -0.1) is 0 Å². The van der Waals surface area contributed by atoms with Gasteiger partial charge < -0.3 is 5.11 Å². The van der Waals surface area contributed by atoms with Crippen LogP contribution in [0.3, 0.4) is 0 Å². The van der Waals surface area contributed by atoms with Gasteiger partial charge in [-0.3, -0.25) is 4.79 Å². The van der Waals surface area contributed by atoms with Gasteiger partial charge in [0, 0.05) is 5.02 Å². The Hall–Kier alpha value is -1.09. The van der Waals surface area contributed by atoms with Gasteiger partial charge in [0.1, 0.15) is 5.82 Å². The van der Waals surface area contributed by atoms with Gasteiger partial charge in [0.05, 0.1) is 5.41 Å². The SMILES string of the molecule is O=C(O)C1(c2cc(F)ccc2Cl)CC1. The number of hydrogen-bond acceptors (Lipinski definition) is 1. The number of carboxylic acid groups (broad SMARTS) is 1. The molecule has 0 bridgehead atoms. The minimum atomic E-state index is -0.931. The third-order valence-corrected chi connectivity index (χ3v) is 2.93. The highest BCUT2D eigenvalue weighted by atomic mass is 35.5. The molecule has 1 N–H and O–H groups in total. The van der Waals surface area contributed by atoms with E-state index < -0.39 is 17.2 Å². The van der Waals surface area contributed by atoms with Crippen molar-refractivity contribution >= 4 is 17.6 Å². The lowest BCUT2D eigenvalue weighted by atomic mass is 9.96. The summed E-state index contributed by atoms with van der Waals surface area (Å²) in [6.07, 6.45) is 1.07. The van der Waals surface area contributed by atoms with Gasteiger partial charge in [0.15, 0.2) is 0 Å². The second-order valence-electron chi connectivity index (χ2n) is 3.51. The summed E-state index contributed by atoms with van der Waals surface area (Å²) in [5.41, 5.74) is -0.536. The average Bonchev–Trinajstić information content (AvgIpc) is 2.90. The van der Waals surface area contributed by atoms with Crippen LogP contribution in [0.4, 0.5) is 4.39 Å². The maximum Gasteiger partial charge on any atom is 0.314 e. The third-order valence-electron chi connectivity index (χ3n) is 2.60. The summed E-state index contributed by atoms with van der Waals surface area (Å²) in [5, 5.41) is 9.32. The first kappa shape index (κ1) is 9.46. The third kappa shape index (κ3) is 1.28. The van der Waals surface area contributed by atoms with E-state index in [4.69, 9.17) is 16.7 Å². The van der Waals surface area contributed by atoms with Crippen LogP contribution in [0.2, 0.25) is 5.02 Å². The summed E-state index contributed by atoms with van der Waals surface area (Å²) in [7, 11) is 0. The number of aliphatic carboxylic acids is 1. The molecular weight excluding hydrogens is 207 g/mol. The number of carboxylic acids is 1. The second-order valence-corrected chi connectivity index (χ2v) is 3.92. The molecule has 1 aromatic carbocycles. The lowest BCUT2D eigenvalue weighted by Crippen LogP contribution is -2.20. The molecule has 0 spiro atoms. The molecule has 14 heavy (non-hydrogen) atoms. The molecular formula is C10H8ClFO2. The van der Waals surface area contributed by atoms with Crippen LogP contribution >= 0.6 is 11.6 Å². The van der Waals surface area contributed by atoms with Crippen LogP contribution < -0.4 is 0 Å². The van der Waals surface area contributed by atoms with Crippen LogP contribution in [0, 0.1) is 5.82 Å². The predicted molar refractivity (Wildman–Crippen MR) is 50.0 cm³/mol. The van der Waals surface area contributed by atoms with Crippen LogP contribution in [-0.4, -0.2) is 11.1 Å². The lowest BCUT2D eigenvalue weighted by Gasteiger charge is -2.11. The van der Waals surface area contributed by atoms with Gasteiger partial charge in [-0.1, -0.05) is 11.6 Å². The highest BCUT2D eigenvalue weighted by Crippen LogP contribution is 2.50. The highest BCUT2D eigenvalue weighted by molar-refractivity contribution is 6.31. The van der Waals surface area contributed by atoms with Gasteiger partial charge in [-0.2, -0.15) is 0 Å². The zero-order valence-electron chi connectivity index (χ0n) is 7.26. The van der Waals surface area contributed by atoms with E-state index >= 15 is 0 Å². The van der Waals surface area contributed by atoms with Crippen molar-refractivity contribution in [1.29, 1.82) is 0 Å². The normalized spacial score (nSPS) is 17.9. The molecule has 0 atom stereocenters. The first-order valence-corrected chi connectivity index (χ1v) is 4.63. The minimum Gasteiger partial charge on any atom is -0.481 e. The van der Waals surface area contributed by atoms with Gasteiger partial charge in [-0.25, -0.2) is 4.39 Å². The van der Waals surface area contributed by atoms with Crippen molar-refractivity contribution in [2.24, 2.45) is 0 Å². The van der Waals surface area contributed by atoms with Crippen molar-refractivity contribution in [1.82, 2.24) is 0 Å². The Bertz CT molecular complexity index is 399. The van der Waals surface area contributed by atoms with E-state index in [0.29, 0.717) is 23.4 Å². The minimum absolute atomic E-state index is 0.325. The Balaban J connectivity index is 2.51. The maximum atomic E-state index is 12.9. The summed E-state index contributed by atoms with van der Waals surface area (Å²) in [6.45, 7) is 0. The zero-order valence-corrected chi connectivity index (χ0v) is 8.01. The quantitative estimate of drug-likeness (QED) is 0.822. The molecule has 0 amide bonds. The standard InChI is InChI=1S/C10H8ClFO2/c11-8-2-1-6(12)5-7(8)10(3-4-10)9(13)14/h1-2,5H,3-4H2,(H,13,14). The second kappa shape index (κ2) is 2.95. The maximum absolute atomic E-state index is 12.9. The number of hydrogen-bond donors (Lipinski definition) is 1. The van der Waals surface area contributed by atoms with Crippen molar-refractivity contribution in [2.45, 2.75) is 18.3 Å². The Morgan fingerprint density at radius 3 is 2.64 bits per heavy atom. The fourth-order valence-electron chi connectivity index (χ4n) is 1.59. The molecule has 2 nitrogen and oxygen atoms in total. The topological polar surface area (TPSA) is 37.3 Å². The molecule has 0 aromatic heterocycles. The fourth-order valence-corrected chi connectivity index (χ4v) is 1.89. The van der Waals surface area contributed by atoms with Gasteiger partial charge >= 0.3 is 5.97 Å². The van der Waals surface area contributed by atoms with E-state index in [1.807, 2.05) is 0 Å². The summed E-state index contributed by atoms with van der Waals surface area (Å²) in [5.74, 6) is -1.37. The first-order valence-electron chi connectivity index (χ1n) is 4.25. The van der Waals surface area contributed by atoms with Gasteiger partial charge in [0.25, 0.3) is 0 Å². The van der Waals surface area contributed by atoms with Crippen LogP contribution in [0.5, 0.6) is 0 Å². The molecule has 2 rings (SSSR count). The predicted octanol–water partition coefficient (Wildman–Crippen LogP) is 2.60. The van der Waals surface area contributed by atoms with E-state index in [1.54, 1.807) is 0 Å². The van der Waals surface area contributed by atoms with Crippen LogP contribution in [0.1, 0.15) is 18.4 Å². The van der Waals surface area contributed by atoms with E-state index in [0.717, 1.165) is 0 Å². The van der Waals surface area contributed by atoms with Crippen molar-refractivity contribution in [2.75, 3.05) is 0 Å². The van der Waals surface area contributed by atoms with Crippen LogP contribution in [0.15, 0.2) is 18.2 Å². The Labute approximate surface area is 85.3 Å². The molecule has 1 aliphatic rings. The lowest BCUT2D eigenvalue weighted by molar-refractivity contribution is -0.140. The highest BCUT2D eigenvalue weighted by Gasteiger charge is 2.52. The van der Waals surface area contributed by atoms with E-state index in [1.165, 1.54) is 18.2 Å². The van der Waals surface area contributed by atoms with E-state index in [2.05, 4.69) is 0 Å². The molecule has 0 aliphatic heterocycles. The Morgan fingerprint density at radius 2 is 2.14 bits per heavy atom. The molecule has 1 aromatic rings. The number of carbonyl (C=O) groups is 1. The molecule has 1 saturated carbocycles. The van der Waals surface area contributed by atoms with Crippen LogP contribution in [-0.2, 0) is 10.2 Å². The molecule has 1 aliphatic carbocycles. The summed E-state index contributed by atoms with van der Waals surface area (Å²) >= 11 is 5.83. The van der Waals surface area contributed by atoms with E-state index in [-0.39, 0.29) is 0 Å². The van der Waals surface area contributed by atoms with Gasteiger partial charge in [0.2, 0.25) is 0 Å². The Morgan fingerprint density at radius 1 is 1.50 bits per heavy atom. The van der Waals surface area contributed by atoms with E-state index in [9.17, 15) is 9.18 Å². The summed E-state index contributed by atoms with van der Waals surface area (Å²) < 4.78 is 12.9. The molecule has 4 heteroatoms.